The summed E-state index contributed by atoms with van der Waals surface area (Å²) in [6.07, 6.45) is -0.301. The summed E-state index contributed by atoms with van der Waals surface area (Å²) in [4.78, 5) is 11.0. The molecule has 0 aromatic heterocycles. The maximum absolute atomic E-state index is 13.4. The van der Waals surface area contributed by atoms with Crippen LogP contribution in [-0.2, 0) is 16.0 Å². The molecule has 0 aliphatic carbocycles. The molecule has 6 heteroatoms. The molecule has 0 aliphatic heterocycles. The van der Waals surface area contributed by atoms with Gasteiger partial charge in [-0.15, -0.1) is 0 Å². The third-order valence-corrected chi connectivity index (χ3v) is 2.36. The number of hydrogen-bond donors (Lipinski definition) is 1. The molecular weight excluding hydrogens is 240 g/mol. The Labute approximate surface area is 96.1 Å². The maximum Gasteiger partial charge on any atom is 0.322 e. The van der Waals surface area contributed by atoms with Gasteiger partial charge in [-0.05, 0) is 12.1 Å². The molecule has 0 fully saturated rings. The molecule has 0 bridgehead atoms. The number of ether oxygens (including phenoxy) is 1. The molecule has 0 amide bonds. The first-order valence-electron chi connectivity index (χ1n) is 4.43. The summed E-state index contributed by atoms with van der Waals surface area (Å²) in [7, 11) is 1.15. The van der Waals surface area contributed by atoms with E-state index in [4.69, 9.17) is 17.3 Å². The van der Waals surface area contributed by atoms with E-state index in [0.717, 1.165) is 19.2 Å². The lowest BCUT2D eigenvalue weighted by Gasteiger charge is -2.11. The number of benzene rings is 1. The minimum atomic E-state index is -1.12. The maximum atomic E-state index is 13.4. The molecule has 0 aliphatic rings. The van der Waals surface area contributed by atoms with E-state index in [1.165, 1.54) is 0 Å². The topological polar surface area (TPSA) is 52.3 Å². The molecule has 1 aromatic carbocycles. The van der Waals surface area contributed by atoms with E-state index >= 15 is 0 Å². The van der Waals surface area contributed by atoms with Crippen molar-refractivity contribution in [1.82, 2.24) is 0 Å². The first-order valence-corrected chi connectivity index (χ1v) is 4.81. The van der Waals surface area contributed by atoms with E-state index in [9.17, 15) is 13.6 Å². The molecule has 2 N–H and O–H groups in total. The minimum Gasteiger partial charge on any atom is -0.468 e. The van der Waals surface area contributed by atoms with E-state index in [0.29, 0.717) is 0 Å². The van der Waals surface area contributed by atoms with Crippen LogP contribution >= 0.6 is 11.6 Å². The molecule has 0 radical (unpaired) electrons. The van der Waals surface area contributed by atoms with Crippen LogP contribution in [0.4, 0.5) is 8.78 Å². The Morgan fingerprint density at radius 1 is 1.56 bits per heavy atom. The fraction of sp³-hybridized carbons (Fsp3) is 0.300. The van der Waals surface area contributed by atoms with Crippen LogP contribution in [-0.4, -0.2) is 19.1 Å². The summed E-state index contributed by atoms with van der Waals surface area (Å²) < 4.78 is 31.0. The summed E-state index contributed by atoms with van der Waals surface area (Å²) >= 11 is 5.48. The SMILES string of the molecule is COC(=O)[C@@H](N)Cc1c(F)ccc(Cl)c1F. The summed E-state index contributed by atoms with van der Waals surface area (Å²) in [5.74, 6) is -2.43. The zero-order valence-electron chi connectivity index (χ0n) is 8.47. The minimum absolute atomic E-state index is 0.214. The molecule has 1 aromatic rings. The molecule has 16 heavy (non-hydrogen) atoms. The third-order valence-electron chi connectivity index (χ3n) is 2.07. The van der Waals surface area contributed by atoms with Crippen molar-refractivity contribution in [2.45, 2.75) is 12.5 Å². The second-order valence-corrected chi connectivity index (χ2v) is 3.56. The van der Waals surface area contributed by atoms with Crippen molar-refractivity contribution < 1.29 is 18.3 Å². The van der Waals surface area contributed by atoms with Gasteiger partial charge in [0.25, 0.3) is 0 Å². The quantitative estimate of drug-likeness (QED) is 0.655. The van der Waals surface area contributed by atoms with E-state index in [1.54, 1.807) is 0 Å². The largest absolute Gasteiger partial charge is 0.468 e. The Bertz CT molecular complexity index is 412. The van der Waals surface area contributed by atoms with Crippen LogP contribution in [0, 0.1) is 11.6 Å². The Morgan fingerprint density at radius 3 is 2.75 bits per heavy atom. The molecule has 0 unspecified atom stereocenters. The van der Waals surface area contributed by atoms with Gasteiger partial charge in [0.1, 0.15) is 17.7 Å². The fourth-order valence-electron chi connectivity index (χ4n) is 1.21. The van der Waals surface area contributed by atoms with Gasteiger partial charge < -0.3 is 10.5 Å². The van der Waals surface area contributed by atoms with Crippen LogP contribution in [0.3, 0.4) is 0 Å². The number of methoxy groups -OCH3 is 1. The van der Waals surface area contributed by atoms with Gasteiger partial charge >= 0.3 is 5.97 Å². The lowest BCUT2D eigenvalue weighted by atomic mass is 10.1. The van der Waals surface area contributed by atoms with Crippen molar-refractivity contribution in [3.8, 4) is 0 Å². The molecule has 0 saturated carbocycles. The molecular formula is C10H10ClF2NO2. The van der Waals surface area contributed by atoms with Crippen molar-refractivity contribution in [3.63, 3.8) is 0 Å². The Morgan fingerprint density at radius 2 is 2.19 bits per heavy atom. The average molecular weight is 250 g/mol. The first kappa shape index (κ1) is 12.9. The van der Waals surface area contributed by atoms with Gasteiger partial charge in [0.15, 0.2) is 0 Å². The average Bonchev–Trinajstić information content (AvgIpc) is 2.28. The Hall–Kier alpha value is -1.20. The summed E-state index contributed by atoms with van der Waals surface area (Å²) in [6, 6.07) is 0.997. The zero-order chi connectivity index (χ0) is 12.3. The predicted molar refractivity (Wildman–Crippen MR) is 55.1 cm³/mol. The normalized spacial score (nSPS) is 12.3. The number of rotatable bonds is 3. The lowest BCUT2D eigenvalue weighted by Crippen LogP contribution is -2.34. The molecule has 0 spiro atoms. The zero-order valence-corrected chi connectivity index (χ0v) is 9.22. The van der Waals surface area contributed by atoms with Crippen molar-refractivity contribution in [2.75, 3.05) is 7.11 Å². The van der Waals surface area contributed by atoms with E-state index in [1.807, 2.05) is 0 Å². The first-order chi connectivity index (χ1) is 7.47. The van der Waals surface area contributed by atoms with Gasteiger partial charge in [0, 0.05) is 12.0 Å². The molecule has 88 valence electrons. The van der Waals surface area contributed by atoms with Crippen LogP contribution < -0.4 is 5.73 Å². The number of carbonyl (C=O) groups is 1. The molecule has 3 nitrogen and oxygen atoms in total. The van der Waals surface area contributed by atoms with Gasteiger partial charge in [0.2, 0.25) is 0 Å². The Balaban J connectivity index is 2.97. The molecule has 0 heterocycles. The molecule has 0 saturated heterocycles. The van der Waals surface area contributed by atoms with E-state index in [-0.39, 0.29) is 17.0 Å². The van der Waals surface area contributed by atoms with Crippen molar-refractivity contribution in [1.29, 1.82) is 0 Å². The highest BCUT2D eigenvalue weighted by Gasteiger charge is 2.20. The highest BCUT2D eigenvalue weighted by atomic mass is 35.5. The van der Waals surface area contributed by atoms with Gasteiger partial charge in [0.05, 0.1) is 12.1 Å². The monoisotopic (exact) mass is 249 g/mol. The molecule has 1 rings (SSSR count). The van der Waals surface area contributed by atoms with Gasteiger partial charge in [-0.3, -0.25) is 4.79 Å². The number of nitrogens with two attached hydrogens (primary N) is 1. The second-order valence-electron chi connectivity index (χ2n) is 3.16. The van der Waals surface area contributed by atoms with Crippen LogP contribution in [0.2, 0.25) is 5.02 Å². The number of esters is 1. The number of halogens is 3. The van der Waals surface area contributed by atoms with Crippen molar-refractivity contribution in [3.05, 3.63) is 34.4 Å². The summed E-state index contributed by atoms with van der Waals surface area (Å²) in [6.45, 7) is 0. The van der Waals surface area contributed by atoms with Crippen molar-refractivity contribution >= 4 is 17.6 Å². The Kier molecular flexibility index (Phi) is 4.20. The number of hydrogen-bond acceptors (Lipinski definition) is 3. The highest BCUT2D eigenvalue weighted by molar-refractivity contribution is 6.30. The second kappa shape index (κ2) is 5.23. The lowest BCUT2D eigenvalue weighted by molar-refractivity contribution is -0.142. The van der Waals surface area contributed by atoms with Crippen LogP contribution in [0.1, 0.15) is 5.56 Å². The van der Waals surface area contributed by atoms with E-state index < -0.39 is 23.6 Å². The van der Waals surface area contributed by atoms with Crippen molar-refractivity contribution in [2.24, 2.45) is 5.73 Å². The van der Waals surface area contributed by atoms with Gasteiger partial charge in [-0.2, -0.15) is 0 Å². The standard InChI is InChI=1S/C10H10ClF2NO2/c1-16-10(15)8(14)4-5-7(12)3-2-6(11)9(5)13/h2-3,8H,4,14H2,1H3/t8-/m0/s1. The third kappa shape index (κ3) is 2.68. The fourth-order valence-corrected chi connectivity index (χ4v) is 1.39. The predicted octanol–water partition coefficient (Wildman–Crippen LogP) is 1.66. The van der Waals surface area contributed by atoms with Gasteiger partial charge in [-0.1, -0.05) is 11.6 Å². The van der Waals surface area contributed by atoms with Crippen LogP contribution in [0.25, 0.3) is 0 Å². The van der Waals surface area contributed by atoms with E-state index in [2.05, 4.69) is 4.74 Å². The van der Waals surface area contributed by atoms with Gasteiger partial charge in [-0.25, -0.2) is 8.78 Å². The number of carbonyl (C=O) groups excluding carboxylic acids is 1. The summed E-state index contributed by atoms with van der Waals surface area (Å²) in [5.41, 5.74) is 5.08. The van der Waals surface area contributed by atoms with Crippen LogP contribution in [0.15, 0.2) is 12.1 Å². The highest BCUT2D eigenvalue weighted by Crippen LogP contribution is 2.22. The molecule has 1 atom stereocenters. The summed E-state index contributed by atoms with van der Waals surface area (Å²) in [5, 5.41) is -0.214. The smallest absolute Gasteiger partial charge is 0.322 e. The van der Waals surface area contributed by atoms with Crippen LogP contribution in [0.5, 0.6) is 0 Å².